The first-order valence-electron chi connectivity index (χ1n) is 10.3. The molecule has 0 unspecified atom stereocenters. The van der Waals surface area contributed by atoms with Gasteiger partial charge in [-0.05, 0) is 50.8 Å². The van der Waals surface area contributed by atoms with Crippen molar-refractivity contribution in [1.82, 2.24) is 14.7 Å². The van der Waals surface area contributed by atoms with E-state index in [1.54, 1.807) is 10.7 Å². The van der Waals surface area contributed by atoms with Crippen LogP contribution in [-0.2, 0) is 12.0 Å². The predicted molar refractivity (Wildman–Crippen MR) is 104 cm³/mol. The maximum Gasteiger partial charge on any atom is 0.266 e. The molecular formula is C21H35N3O2. The van der Waals surface area contributed by atoms with Gasteiger partial charge in [0.1, 0.15) is 0 Å². The summed E-state index contributed by atoms with van der Waals surface area (Å²) in [5.41, 5.74) is 0.449. The minimum atomic E-state index is -0.468. The SMILES string of the molecule is CC(C)(C)c1ccc(=O)n(CC2CCN(CC3(O)CCCCC3)CC2)n1. The zero-order valence-corrected chi connectivity index (χ0v) is 16.7. The molecule has 0 radical (unpaired) electrons. The molecule has 0 bridgehead atoms. The summed E-state index contributed by atoms with van der Waals surface area (Å²) >= 11 is 0. The third-order valence-electron chi connectivity index (χ3n) is 6.08. The number of piperidine rings is 1. The molecule has 0 amide bonds. The van der Waals surface area contributed by atoms with Crippen molar-refractivity contribution in [3.63, 3.8) is 0 Å². The van der Waals surface area contributed by atoms with Crippen LogP contribution in [0.3, 0.4) is 0 Å². The van der Waals surface area contributed by atoms with Gasteiger partial charge in [-0.3, -0.25) is 4.79 Å². The zero-order valence-electron chi connectivity index (χ0n) is 16.7. The topological polar surface area (TPSA) is 58.4 Å². The molecule has 0 spiro atoms. The van der Waals surface area contributed by atoms with Crippen LogP contribution < -0.4 is 5.56 Å². The zero-order chi connectivity index (χ0) is 18.8. The van der Waals surface area contributed by atoms with E-state index in [2.05, 4.69) is 30.8 Å². The number of hydrogen-bond acceptors (Lipinski definition) is 4. The Kier molecular flexibility index (Phi) is 5.88. The largest absolute Gasteiger partial charge is 0.389 e. The van der Waals surface area contributed by atoms with Crippen molar-refractivity contribution in [2.45, 2.75) is 83.3 Å². The monoisotopic (exact) mass is 361 g/mol. The van der Waals surface area contributed by atoms with Crippen LogP contribution in [0.4, 0.5) is 0 Å². The van der Waals surface area contributed by atoms with E-state index < -0.39 is 5.60 Å². The predicted octanol–water partition coefficient (Wildman–Crippen LogP) is 2.95. The summed E-state index contributed by atoms with van der Waals surface area (Å²) in [6.07, 6.45) is 7.63. The number of aromatic nitrogens is 2. The van der Waals surface area contributed by atoms with Gasteiger partial charge in [-0.25, -0.2) is 4.68 Å². The number of aliphatic hydroxyl groups is 1. The molecule has 146 valence electrons. The molecule has 1 aliphatic heterocycles. The summed E-state index contributed by atoms with van der Waals surface area (Å²) < 4.78 is 1.66. The van der Waals surface area contributed by atoms with Gasteiger partial charge in [0.25, 0.3) is 5.56 Å². The summed E-state index contributed by atoms with van der Waals surface area (Å²) in [6.45, 7) is 9.93. The molecular weight excluding hydrogens is 326 g/mol. The van der Waals surface area contributed by atoms with Crippen LogP contribution in [0.2, 0.25) is 0 Å². The molecule has 3 rings (SSSR count). The highest BCUT2D eigenvalue weighted by atomic mass is 16.3. The van der Waals surface area contributed by atoms with Crippen molar-refractivity contribution >= 4 is 0 Å². The van der Waals surface area contributed by atoms with E-state index in [0.717, 1.165) is 63.9 Å². The molecule has 2 aliphatic rings. The lowest BCUT2D eigenvalue weighted by atomic mass is 9.84. The Labute approximate surface area is 157 Å². The average molecular weight is 362 g/mol. The molecule has 0 aromatic carbocycles. The highest BCUT2D eigenvalue weighted by molar-refractivity contribution is 5.10. The fraction of sp³-hybridized carbons (Fsp3) is 0.810. The first kappa shape index (κ1) is 19.6. The quantitative estimate of drug-likeness (QED) is 0.896. The molecule has 1 aromatic rings. The highest BCUT2D eigenvalue weighted by Crippen LogP contribution is 2.30. The van der Waals surface area contributed by atoms with E-state index in [4.69, 9.17) is 0 Å². The molecule has 1 aromatic heterocycles. The second-order valence-electron chi connectivity index (χ2n) is 9.49. The Bertz CT molecular complexity index is 648. The number of nitrogens with zero attached hydrogens (tertiary/aromatic N) is 3. The molecule has 2 heterocycles. The van der Waals surface area contributed by atoms with Crippen LogP contribution in [0, 0.1) is 5.92 Å². The average Bonchev–Trinajstić information content (AvgIpc) is 2.58. The second-order valence-corrected chi connectivity index (χ2v) is 9.49. The van der Waals surface area contributed by atoms with Gasteiger partial charge in [0, 0.05) is 24.6 Å². The van der Waals surface area contributed by atoms with Crippen molar-refractivity contribution in [2.75, 3.05) is 19.6 Å². The summed E-state index contributed by atoms with van der Waals surface area (Å²) in [5, 5.41) is 15.4. The van der Waals surface area contributed by atoms with Gasteiger partial charge in [0.2, 0.25) is 0 Å². The summed E-state index contributed by atoms with van der Waals surface area (Å²) in [7, 11) is 0. The van der Waals surface area contributed by atoms with Gasteiger partial charge in [0.15, 0.2) is 0 Å². The summed E-state index contributed by atoms with van der Waals surface area (Å²) in [5.74, 6) is 0.493. The Morgan fingerprint density at radius 2 is 1.81 bits per heavy atom. The van der Waals surface area contributed by atoms with Gasteiger partial charge in [-0.2, -0.15) is 5.10 Å². The normalized spacial score (nSPS) is 22.5. The van der Waals surface area contributed by atoms with Crippen LogP contribution in [-0.4, -0.2) is 45.0 Å². The number of β-amino-alcohol motifs (C(OH)–C–C–N with tert-alkyl or cyclic N) is 1. The van der Waals surface area contributed by atoms with Crippen molar-refractivity contribution in [1.29, 1.82) is 0 Å². The van der Waals surface area contributed by atoms with Crippen molar-refractivity contribution in [2.24, 2.45) is 5.92 Å². The van der Waals surface area contributed by atoms with Crippen molar-refractivity contribution in [3.05, 3.63) is 28.2 Å². The van der Waals surface area contributed by atoms with Crippen LogP contribution in [0.5, 0.6) is 0 Å². The van der Waals surface area contributed by atoms with Crippen LogP contribution >= 0.6 is 0 Å². The maximum absolute atomic E-state index is 12.2. The minimum absolute atomic E-state index is 0.00283. The molecule has 0 atom stereocenters. The lowest BCUT2D eigenvalue weighted by Crippen LogP contribution is -2.47. The third-order valence-corrected chi connectivity index (χ3v) is 6.08. The molecule has 5 heteroatoms. The molecule has 5 nitrogen and oxygen atoms in total. The Morgan fingerprint density at radius 3 is 2.42 bits per heavy atom. The minimum Gasteiger partial charge on any atom is -0.389 e. The van der Waals surface area contributed by atoms with E-state index in [-0.39, 0.29) is 11.0 Å². The fourth-order valence-corrected chi connectivity index (χ4v) is 4.34. The first-order valence-corrected chi connectivity index (χ1v) is 10.3. The Morgan fingerprint density at radius 1 is 1.15 bits per heavy atom. The molecule has 1 saturated heterocycles. The highest BCUT2D eigenvalue weighted by Gasteiger charge is 2.32. The van der Waals surface area contributed by atoms with E-state index in [1.165, 1.54) is 6.42 Å². The van der Waals surface area contributed by atoms with E-state index in [1.807, 2.05) is 6.07 Å². The standard InChI is InChI=1S/C21H35N3O2/c1-20(2,3)18-7-8-19(25)24(22-18)15-17-9-13-23(14-10-17)16-21(26)11-5-4-6-12-21/h7-8,17,26H,4-6,9-16H2,1-3H3. The molecule has 1 saturated carbocycles. The number of rotatable bonds is 4. The lowest BCUT2D eigenvalue weighted by Gasteiger charge is -2.40. The summed E-state index contributed by atoms with van der Waals surface area (Å²) in [4.78, 5) is 14.6. The van der Waals surface area contributed by atoms with E-state index in [0.29, 0.717) is 12.5 Å². The summed E-state index contributed by atoms with van der Waals surface area (Å²) in [6, 6.07) is 3.51. The van der Waals surface area contributed by atoms with Gasteiger partial charge >= 0.3 is 0 Å². The number of hydrogen-bond donors (Lipinski definition) is 1. The van der Waals surface area contributed by atoms with Crippen molar-refractivity contribution < 1.29 is 5.11 Å². The van der Waals surface area contributed by atoms with Gasteiger partial charge in [-0.1, -0.05) is 40.0 Å². The van der Waals surface area contributed by atoms with Gasteiger partial charge < -0.3 is 10.0 Å². The van der Waals surface area contributed by atoms with E-state index >= 15 is 0 Å². The van der Waals surface area contributed by atoms with Gasteiger partial charge in [0.05, 0.1) is 11.3 Å². The van der Waals surface area contributed by atoms with Crippen LogP contribution in [0.15, 0.2) is 16.9 Å². The van der Waals surface area contributed by atoms with Crippen LogP contribution in [0.1, 0.15) is 71.4 Å². The lowest BCUT2D eigenvalue weighted by molar-refractivity contribution is -0.0332. The smallest absolute Gasteiger partial charge is 0.266 e. The molecule has 2 fully saturated rings. The number of likely N-dealkylation sites (tertiary alicyclic amines) is 1. The molecule has 1 aliphatic carbocycles. The first-order chi connectivity index (χ1) is 12.3. The Balaban J connectivity index is 1.55. The van der Waals surface area contributed by atoms with Gasteiger partial charge in [-0.15, -0.1) is 0 Å². The molecule has 26 heavy (non-hydrogen) atoms. The second kappa shape index (κ2) is 7.81. The molecule has 1 N–H and O–H groups in total. The fourth-order valence-electron chi connectivity index (χ4n) is 4.34. The van der Waals surface area contributed by atoms with E-state index in [9.17, 15) is 9.90 Å². The van der Waals surface area contributed by atoms with Crippen LogP contribution in [0.25, 0.3) is 0 Å². The third kappa shape index (κ3) is 4.95. The maximum atomic E-state index is 12.2. The van der Waals surface area contributed by atoms with Crippen molar-refractivity contribution in [3.8, 4) is 0 Å². The Hall–Kier alpha value is -1.20.